The number of aryl methyl sites for hydroxylation is 1. The van der Waals surface area contributed by atoms with Crippen molar-refractivity contribution in [1.29, 1.82) is 0 Å². The van der Waals surface area contributed by atoms with Crippen LogP contribution in [0.2, 0.25) is 5.02 Å². The fourth-order valence-electron chi connectivity index (χ4n) is 2.25. The molecule has 3 rings (SSSR count). The minimum absolute atomic E-state index is 0.0190. The second-order valence-electron chi connectivity index (χ2n) is 5.79. The molecule has 0 radical (unpaired) electrons. The number of carbonyl (C=O) groups excluding carboxylic acids is 1. The summed E-state index contributed by atoms with van der Waals surface area (Å²) in [6, 6.07) is 11.8. The van der Waals surface area contributed by atoms with E-state index in [0.29, 0.717) is 11.4 Å². The predicted octanol–water partition coefficient (Wildman–Crippen LogP) is 4.36. The molecule has 0 spiro atoms. The SMILES string of the molecule is Cc1ccc(-c2noc(COC(=O)/C=C/c3ccc(Cl)c([N+](=O)[O-])c3)n2)cc1. The van der Waals surface area contributed by atoms with Crippen molar-refractivity contribution in [1.82, 2.24) is 10.1 Å². The van der Waals surface area contributed by atoms with Crippen LogP contribution in [0.1, 0.15) is 17.0 Å². The minimum Gasteiger partial charge on any atom is -0.452 e. The monoisotopic (exact) mass is 399 g/mol. The van der Waals surface area contributed by atoms with Gasteiger partial charge in [0, 0.05) is 17.7 Å². The van der Waals surface area contributed by atoms with Crippen LogP contribution in [0.3, 0.4) is 0 Å². The van der Waals surface area contributed by atoms with Gasteiger partial charge in [0.1, 0.15) is 5.02 Å². The summed E-state index contributed by atoms with van der Waals surface area (Å²) >= 11 is 5.74. The number of nitro benzene ring substituents is 1. The smallest absolute Gasteiger partial charge is 0.331 e. The number of esters is 1. The molecule has 0 saturated carbocycles. The highest BCUT2D eigenvalue weighted by molar-refractivity contribution is 6.32. The molecule has 0 aliphatic rings. The highest BCUT2D eigenvalue weighted by atomic mass is 35.5. The number of hydrogen-bond donors (Lipinski definition) is 0. The quantitative estimate of drug-likeness (QED) is 0.262. The Bertz CT molecular complexity index is 1040. The maximum atomic E-state index is 11.8. The Kier molecular flexibility index (Phi) is 5.81. The molecule has 1 aromatic heterocycles. The van der Waals surface area contributed by atoms with E-state index in [0.717, 1.165) is 17.2 Å². The molecule has 0 fully saturated rings. The van der Waals surface area contributed by atoms with Crippen molar-refractivity contribution in [2.24, 2.45) is 0 Å². The van der Waals surface area contributed by atoms with Gasteiger partial charge in [0.15, 0.2) is 6.61 Å². The molecule has 8 nitrogen and oxygen atoms in total. The first-order valence-corrected chi connectivity index (χ1v) is 8.48. The fraction of sp³-hybridized carbons (Fsp3) is 0.105. The van der Waals surface area contributed by atoms with E-state index in [9.17, 15) is 14.9 Å². The number of ether oxygens (including phenoxy) is 1. The number of hydrogen-bond acceptors (Lipinski definition) is 7. The maximum absolute atomic E-state index is 11.8. The van der Waals surface area contributed by atoms with E-state index in [2.05, 4.69) is 10.1 Å². The summed E-state index contributed by atoms with van der Waals surface area (Å²) < 4.78 is 10.1. The van der Waals surface area contributed by atoms with Crippen LogP contribution in [0.25, 0.3) is 17.5 Å². The minimum atomic E-state index is -0.660. The zero-order chi connectivity index (χ0) is 20.1. The van der Waals surface area contributed by atoms with Gasteiger partial charge in [-0.25, -0.2) is 4.79 Å². The van der Waals surface area contributed by atoms with E-state index in [1.54, 1.807) is 6.07 Å². The molecular formula is C19H14ClN3O5. The second-order valence-corrected chi connectivity index (χ2v) is 6.19. The zero-order valence-corrected chi connectivity index (χ0v) is 15.4. The Morgan fingerprint density at radius 1 is 1.29 bits per heavy atom. The molecule has 0 unspecified atom stereocenters. The first-order chi connectivity index (χ1) is 13.4. The van der Waals surface area contributed by atoms with Crippen molar-refractivity contribution in [3.05, 3.63) is 80.7 Å². The van der Waals surface area contributed by atoms with Crippen LogP contribution in [0.4, 0.5) is 5.69 Å². The number of nitrogens with zero attached hydrogens (tertiary/aromatic N) is 3. The van der Waals surface area contributed by atoms with Crippen LogP contribution in [0, 0.1) is 17.0 Å². The van der Waals surface area contributed by atoms with Gasteiger partial charge < -0.3 is 9.26 Å². The lowest BCUT2D eigenvalue weighted by atomic mass is 10.1. The molecule has 2 aromatic carbocycles. The normalized spacial score (nSPS) is 10.9. The van der Waals surface area contributed by atoms with Crippen molar-refractivity contribution in [3.8, 4) is 11.4 Å². The Morgan fingerprint density at radius 3 is 2.75 bits per heavy atom. The topological polar surface area (TPSA) is 108 Å². The van der Waals surface area contributed by atoms with E-state index in [4.69, 9.17) is 20.9 Å². The summed E-state index contributed by atoms with van der Waals surface area (Å²) in [4.78, 5) is 26.3. The number of carbonyl (C=O) groups is 1. The highest BCUT2D eigenvalue weighted by Gasteiger charge is 2.12. The average Bonchev–Trinajstić information content (AvgIpc) is 3.15. The van der Waals surface area contributed by atoms with Crippen LogP contribution in [0.15, 0.2) is 53.1 Å². The summed E-state index contributed by atoms with van der Waals surface area (Å²) in [5.74, 6) is -0.109. The van der Waals surface area contributed by atoms with E-state index in [-0.39, 0.29) is 23.2 Å². The van der Waals surface area contributed by atoms with Gasteiger partial charge in [0.25, 0.3) is 11.6 Å². The molecule has 28 heavy (non-hydrogen) atoms. The molecular weight excluding hydrogens is 386 g/mol. The average molecular weight is 400 g/mol. The summed E-state index contributed by atoms with van der Waals surface area (Å²) in [5.41, 5.74) is 2.09. The van der Waals surface area contributed by atoms with Gasteiger partial charge in [-0.2, -0.15) is 4.98 Å². The van der Waals surface area contributed by atoms with E-state index < -0.39 is 10.9 Å². The third-order valence-corrected chi connectivity index (χ3v) is 4.01. The Labute approximate surface area is 164 Å². The molecule has 142 valence electrons. The maximum Gasteiger partial charge on any atom is 0.331 e. The molecule has 3 aromatic rings. The summed E-state index contributed by atoms with van der Waals surface area (Å²) in [6.45, 7) is 1.78. The molecule has 0 saturated heterocycles. The summed E-state index contributed by atoms with van der Waals surface area (Å²) in [7, 11) is 0. The largest absolute Gasteiger partial charge is 0.452 e. The lowest BCUT2D eigenvalue weighted by Crippen LogP contribution is -2.01. The van der Waals surface area contributed by atoms with Crippen LogP contribution in [0.5, 0.6) is 0 Å². The van der Waals surface area contributed by atoms with Crippen LogP contribution < -0.4 is 0 Å². The van der Waals surface area contributed by atoms with Gasteiger partial charge in [-0.1, -0.05) is 52.7 Å². The second kappa shape index (κ2) is 8.45. The fourth-order valence-corrected chi connectivity index (χ4v) is 2.44. The molecule has 1 heterocycles. The number of nitro groups is 1. The van der Waals surface area contributed by atoms with E-state index in [1.807, 2.05) is 31.2 Å². The first kappa shape index (κ1) is 19.2. The Hall–Kier alpha value is -3.52. The van der Waals surface area contributed by atoms with Gasteiger partial charge in [-0.3, -0.25) is 10.1 Å². The molecule has 0 aliphatic heterocycles. The summed E-state index contributed by atoms with van der Waals surface area (Å²) in [6.07, 6.45) is 2.53. The van der Waals surface area contributed by atoms with Gasteiger partial charge >= 0.3 is 5.97 Å². The van der Waals surface area contributed by atoms with E-state index >= 15 is 0 Å². The Morgan fingerprint density at radius 2 is 2.04 bits per heavy atom. The predicted molar refractivity (Wildman–Crippen MR) is 101 cm³/mol. The van der Waals surface area contributed by atoms with Gasteiger partial charge in [0.2, 0.25) is 5.82 Å². The first-order valence-electron chi connectivity index (χ1n) is 8.11. The van der Waals surface area contributed by atoms with Gasteiger partial charge in [0.05, 0.1) is 4.92 Å². The molecule has 0 aliphatic carbocycles. The van der Waals surface area contributed by atoms with Crippen molar-refractivity contribution >= 4 is 29.3 Å². The number of benzene rings is 2. The third-order valence-electron chi connectivity index (χ3n) is 3.69. The van der Waals surface area contributed by atoms with Crippen LogP contribution >= 0.6 is 11.6 Å². The third kappa shape index (κ3) is 4.80. The van der Waals surface area contributed by atoms with Gasteiger partial charge in [-0.15, -0.1) is 0 Å². The molecule has 0 bridgehead atoms. The van der Waals surface area contributed by atoms with E-state index in [1.165, 1.54) is 18.2 Å². The van der Waals surface area contributed by atoms with Crippen molar-refractivity contribution in [2.45, 2.75) is 13.5 Å². The van der Waals surface area contributed by atoms with Crippen LogP contribution in [-0.4, -0.2) is 21.0 Å². The molecule has 0 N–H and O–H groups in total. The number of rotatable bonds is 6. The standard InChI is InChI=1S/C19H14ClN3O5/c1-12-2-6-14(7-3-12)19-21-17(28-22-19)11-27-18(24)9-5-13-4-8-15(20)16(10-13)23(25)26/h2-10H,11H2,1H3/b9-5+. The highest BCUT2D eigenvalue weighted by Crippen LogP contribution is 2.25. The molecule has 0 atom stereocenters. The molecule has 9 heteroatoms. The summed E-state index contributed by atoms with van der Waals surface area (Å²) in [5, 5.41) is 14.7. The lowest BCUT2D eigenvalue weighted by molar-refractivity contribution is -0.384. The zero-order valence-electron chi connectivity index (χ0n) is 14.7. The lowest BCUT2D eigenvalue weighted by Gasteiger charge is -1.98. The van der Waals surface area contributed by atoms with Crippen LogP contribution in [-0.2, 0) is 16.1 Å². The number of halogens is 1. The Balaban J connectivity index is 1.59. The number of aromatic nitrogens is 2. The van der Waals surface area contributed by atoms with Crippen molar-refractivity contribution in [3.63, 3.8) is 0 Å². The van der Waals surface area contributed by atoms with Gasteiger partial charge in [-0.05, 0) is 24.6 Å². The molecule has 0 amide bonds. The van der Waals surface area contributed by atoms with Crippen molar-refractivity contribution < 1.29 is 19.0 Å². The van der Waals surface area contributed by atoms with Crippen molar-refractivity contribution in [2.75, 3.05) is 0 Å².